The van der Waals surface area contributed by atoms with Crippen molar-refractivity contribution in [1.29, 1.82) is 0 Å². The SMILES string of the molecule is CC1CCN(C(C)CNC(=O)CCc2nc3c([nH]2)c(=O)[nH]c(=O)n3C)CC1. The summed E-state index contributed by atoms with van der Waals surface area (Å²) in [4.78, 5) is 47.4. The van der Waals surface area contributed by atoms with Crippen molar-refractivity contribution in [3.63, 3.8) is 0 Å². The Hall–Kier alpha value is -2.42. The fraction of sp³-hybridized carbons (Fsp3) is 0.667. The fourth-order valence-corrected chi connectivity index (χ4v) is 3.45. The van der Waals surface area contributed by atoms with E-state index in [9.17, 15) is 14.4 Å². The average Bonchev–Trinajstić information content (AvgIpc) is 3.08. The maximum Gasteiger partial charge on any atom is 0.329 e. The lowest BCUT2D eigenvalue weighted by atomic mass is 9.98. The lowest BCUT2D eigenvalue weighted by Crippen LogP contribution is -2.45. The lowest BCUT2D eigenvalue weighted by Gasteiger charge is -2.35. The summed E-state index contributed by atoms with van der Waals surface area (Å²) < 4.78 is 1.28. The number of nitrogens with one attached hydrogen (secondary N) is 3. The number of amides is 1. The number of aromatic nitrogens is 4. The smallest absolute Gasteiger partial charge is 0.329 e. The summed E-state index contributed by atoms with van der Waals surface area (Å²) in [5.74, 6) is 1.26. The summed E-state index contributed by atoms with van der Waals surface area (Å²) in [6.07, 6.45) is 3.08. The van der Waals surface area contributed by atoms with E-state index in [1.807, 2.05) is 0 Å². The van der Waals surface area contributed by atoms with Crippen LogP contribution in [-0.2, 0) is 18.3 Å². The van der Waals surface area contributed by atoms with E-state index in [1.54, 1.807) is 7.05 Å². The van der Waals surface area contributed by atoms with Gasteiger partial charge in [-0.15, -0.1) is 0 Å². The molecule has 9 heteroatoms. The van der Waals surface area contributed by atoms with Gasteiger partial charge in [-0.1, -0.05) is 6.92 Å². The molecular weight excluding hydrogens is 348 g/mol. The maximum absolute atomic E-state index is 12.2. The zero-order valence-electron chi connectivity index (χ0n) is 16.2. The van der Waals surface area contributed by atoms with Gasteiger partial charge in [-0.3, -0.25) is 24.0 Å². The predicted octanol–water partition coefficient (Wildman–Crippen LogP) is 0.119. The first-order valence-electron chi connectivity index (χ1n) is 9.53. The van der Waals surface area contributed by atoms with Crippen molar-refractivity contribution in [2.45, 2.75) is 45.6 Å². The van der Waals surface area contributed by atoms with Crippen LogP contribution in [0, 0.1) is 5.92 Å². The number of carbonyl (C=O) groups is 1. The Morgan fingerprint density at radius 3 is 2.70 bits per heavy atom. The first-order valence-corrected chi connectivity index (χ1v) is 9.53. The second-order valence-electron chi connectivity index (χ2n) is 7.57. The number of hydrogen-bond donors (Lipinski definition) is 3. The number of hydrogen-bond acceptors (Lipinski definition) is 5. The van der Waals surface area contributed by atoms with Crippen molar-refractivity contribution in [1.82, 2.24) is 29.7 Å². The molecule has 3 rings (SSSR count). The lowest BCUT2D eigenvalue weighted by molar-refractivity contribution is -0.121. The number of aryl methyl sites for hydroxylation is 2. The summed E-state index contributed by atoms with van der Waals surface area (Å²) in [5.41, 5.74) is -0.460. The van der Waals surface area contributed by atoms with Gasteiger partial charge in [-0.2, -0.15) is 0 Å². The molecular formula is C18H28N6O3. The summed E-state index contributed by atoms with van der Waals surface area (Å²) >= 11 is 0. The molecule has 2 aromatic rings. The molecule has 9 nitrogen and oxygen atoms in total. The number of nitrogens with zero attached hydrogens (tertiary/aromatic N) is 3. The third-order valence-electron chi connectivity index (χ3n) is 5.43. The highest BCUT2D eigenvalue weighted by Gasteiger charge is 2.20. The molecule has 0 aliphatic carbocycles. The molecule has 0 aromatic carbocycles. The Kier molecular flexibility index (Phi) is 5.79. The number of H-pyrrole nitrogens is 2. The highest BCUT2D eigenvalue weighted by Crippen LogP contribution is 2.17. The Morgan fingerprint density at radius 2 is 2.00 bits per heavy atom. The molecule has 3 heterocycles. The normalized spacial score (nSPS) is 17.3. The minimum Gasteiger partial charge on any atom is -0.355 e. The summed E-state index contributed by atoms with van der Waals surface area (Å²) in [5, 5.41) is 2.98. The van der Waals surface area contributed by atoms with E-state index in [0.717, 1.165) is 19.0 Å². The zero-order valence-corrected chi connectivity index (χ0v) is 16.2. The number of piperidine rings is 1. The van der Waals surface area contributed by atoms with Gasteiger partial charge in [0.05, 0.1) is 0 Å². The number of carbonyl (C=O) groups excluding carboxylic acids is 1. The van der Waals surface area contributed by atoms with Gasteiger partial charge in [0.25, 0.3) is 5.56 Å². The van der Waals surface area contributed by atoms with E-state index in [-0.39, 0.29) is 17.8 Å². The van der Waals surface area contributed by atoms with E-state index < -0.39 is 11.2 Å². The molecule has 27 heavy (non-hydrogen) atoms. The third kappa shape index (κ3) is 4.47. The van der Waals surface area contributed by atoms with Gasteiger partial charge in [0.15, 0.2) is 5.65 Å². The molecule has 1 saturated heterocycles. The number of fused-ring (bicyclic) bond motifs is 1. The molecule has 1 aliphatic heterocycles. The third-order valence-corrected chi connectivity index (χ3v) is 5.43. The largest absolute Gasteiger partial charge is 0.355 e. The summed E-state index contributed by atoms with van der Waals surface area (Å²) in [6, 6.07) is 0.320. The molecule has 1 fully saturated rings. The van der Waals surface area contributed by atoms with Crippen LogP contribution in [0.4, 0.5) is 0 Å². The molecule has 0 bridgehead atoms. The van der Waals surface area contributed by atoms with Gasteiger partial charge in [0, 0.05) is 32.5 Å². The van der Waals surface area contributed by atoms with Crippen LogP contribution < -0.4 is 16.6 Å². The van der Waals surface area contributed by atoms with Crippen LogP contribution in [0.15, 0.2) is 9.59 Å². The van der Waals surface area contributed by atoms with E-state index in [0.29, 0.717) is 30.5 Å². The number of aromatic amines is 2. The van der Waals surface area contributed by atoms with E-state index >= 15 is 0 Å². The van der Waals surface area contributed by atoms with Crippen LogP contribution in [-0.4, -0.2) is 56.0 Å². The molecule has 2 aromatic heterocycles. The number of likely N-dealkylation sites (tertiary alicyclic amines) is 1. The van der Waals surface area contributed by atoms with Gasteiger partial charge in [-0.25, -0.2) is 9.78 Å². The summed E-state index contributed by atoms with van der Waals surface area (Å²) in [6.45, 7) is 7.23. The molecule has 3 N–H and O–H groups in total. The Bertz CT molecular complexity index is 919. The van der Waals surface area contributed by atoms with E-state index in [1.165, 1.54) is 17.4 Å². The van der Waals surface area contributed by atoms with Crippen LogP contribution >= 0.6 is 0 Å². The van der Waals surface area contributed by atoms with Crippen molar-refractivity contribution in [3.8, 4) is 0 Å². The molecule has 1 amide bonds. The van der Waals surface area contributed by atoms with Gasteiger partial charge in [0.1, 0.15) is 11.3 Å². The second kappa shape index (κ2) is 8.08. The van der Waals surface area contributed by atoms with Crippen LogP contribution in [0.1, 0.15) is 38.9 Å². The molecule has 0 radical (unpaired) electrons. The first-order chi connectivity index (χ1) is 12.8. The number of imidazole rings is 1. The predicted molar refractivity (Wildman–Crippen MR) is 103 cm³/mol. The van der Waals surface area contributed by atoms with Crippen molar-refractivity contribution in [3.05, 3.63) is 26.7 Å². The van der Waals surface area contributed by atoms with Crippen molar-refractivity contribution in [2.24, 2.45) is 13.0 Å². The van der Waals surface area contributed by atoms with Crippen molar-refractivity contribution < 1.29 is 4.79 Å². The van der Waals surface area contributed by atoms with Crippen LogP contribution in [0.5, 0.6) is 0 Å². The monoisotopic (exact) mass is 376 g/mol. The number of rotatable bonds is 6. The van der Waals surface area contributed by atoms with Gasteiger partial charge in [-0.05, 0) is 38.8 Å². The highest BCUT2D eigenvalue weighted by molar-refractivity contribution is 5.76. The molecule has 1 atom stereocenters. The molecule has 1 unspecified atom stereocenters. The first kappa shape index (κ1) is 19.3. The van der Waals surface area contributed by atoms with Crippen molar-refractivity contribution in [2.75, 3.05) is 19.6 Å². The van der Waals surface area contributed by atoms with Crippen LogP contribution in [0.3, 0.4) is 0 Å². The standard InChI is InChI=1S/C18H28N6O3/c1-11-6-8-24(9-7-11)12(2)10-19-14(25)5-4-13-20-15-16(21-13)23(3)18(27)22-17(15)26/h11-12H,4-10H2,1-3H3,(H,19,25)(H,20,21)(H,22,26,27). The molecule has 1 aliphatic rings. The molecule has 148 valence electrons. The molecule has 0 saturated carbocycles. The highest BCUT2D eigenvalue weighted by atomic mass is 16.2. The second-order valence-corrected chi connectivity index (χ2v) is 7.57. The minimum absolute atomic E-state index is 0.0459. The van der Waals surface area contributed by atoms with Crippen LogP contribution in [0.2, 0.25) is 0 Å². The topological polar surface area (TPSA) is 116 Å². The van der Waals surface area contributed by atoms with Gasteiger partial charge < -0.3 is 10.3 Å². The fourth-order valence-electron chi connectivity index (χ4n) is 3.45. The van der Waals surface area contributed by atoms with Gasteiger partial charge >= 0.3 is 5.69 Å². The quantitative estimate of drug-likeness (QED) is 0.662. The average molecular weight is 376 g/mol. The van der Waals surface area contributed by atoms with Crippen molar-refractivity contribution >= 4 is 17.1 Å². The van der Waals surface area contributed by atoms with E-state index in [4.69, 9.17) is 0 Å². The van der Waals surface area contributed by atoms with Crippen LogP contribution in [0.25, 0.3) is 11.2 Å². The minimum atomic E-state index is -0.510. The van der Waals surface area contributed by atoms with Gasteiger partial charge in [0.2, 0.25) is 5.91 Å². The zero-order chi connectivity index (χ0) is 19.6. The summed E-state index contributed by atoms with van der Waals surface area (Å²) in [7, 11) is 1.54. The maximum atomic E-state index is 12.2. The van der Waals surface area contributed by atoms with E-state index in [2.05, 4.69) is 39.0 Å². The molecule has 0 spiro atoms. The Balaban J connectivity index is 1.51. The Labute approximate surface area is 157 Å². The Morgan fingerprint density at radius 1 is 1.30 bits per heavy atom.